The van der Waals surface area contributed by atoms with Crippen molar-refractivity contribution in [2.45, 2.75) is 27.2 Å². The molecular formula is C20H21NS2. The fourth-order valence-electron chi connectivity index (χ4n) is 3.28. The third-order valence-electron chi connectivity index (χ3n) is 4.29. The number of nitrogens with zero attached hydrogens (tertiary/aromatic N) is 1. The first kappa shape index (κ1) is 15.2. The van der Waals surface area contributed by atoms with E-state index in [-0.39, 0.29) is 0 Å². The van der Waals surface area contributed by atoms with E-state index < -0.39 is 0 Å². The lowest BCUT2D eigenvalue weighted by atomic mass is 10.0. The monoisotopic (exact) mass is 339 g/mol. The van der Waals surface area contributed by atoms with Crippen LogP contribution in [0.4, 0.5) is 0 Å². The average molecular weight is 340 g/mol. The molecule has 0 amide bonds. The summed E-state index contributed by atoms with van der Waals surface area (Å²) in [5.74, 6) is 2.51. The molecule has 0 aliphatic carbocycles. The van der Waals surface area contributed by atoms with Crippen LogP contribution in [0.15, 0.2) is 36.5 Å². The maximum Gasteiger partial charge on any atom is 0.0940 e. The number of thiophene rings is 1. The van der Waals surface area contributed by atoms with Crippen LogP contribution in [0.2, 0.25) is 0 Å². The van der Waals surface area contributed by atoms with E-state index in [1.807, 2.05) is 29.3 Å². The summed E-state index contributed by atoms with van der Waals surface area (Å²) in [5, 5.41) is 2.75. The Balaban J connectivity index is 1.96. The summed E-state index contributed by atoms with van der Waals surface area (Å²) in [5.41, 5.74) is 2.67. The zero-order valence-corrected chi connectivity index (χ0v) is 15.4. The Bertz CT molecular complexity index is 905. The average Bonchev–Trinajstić information content (AvgIpc) is 3.11. The number of rotatable bonds is 3. The van der Waals surface area contributed by atoms with Gasteiger partial charge in [0.2, 0.25) is 0 Å². The van der Waals surface area contributed by atoms with Crippen molar-refractivity contribution in [2.75, 3.05) is 5.75 Å². The zero-order valence-electron chi connectivity index (χ0n) is 13.8. The number of fused-ring (bicyclic) bond motifs is 3. The molecular weight excluding hydrogens is 318 g/mol. The molecule has 1 aliphatic heterocycles. The molecule has 1 aliphatic rings. The van der Waals surface area contributed by atoms with Gasteiger partial charge in [-0.3, -0.25) is 4.98 Å². The molecule has 1 atom stereocenters. The summed E-state index contributed by atoms with van der Waals surface area (Å²) in [7, 11) is 0. The largest absolute Gasteiger partial charge is 0.254 e. The van der Waals surface area contributed by atoms with Gasteiger partial charge in [-0.2, -0.15) is 0 Å². The Labute approximate surface area is 145 Å². The molecule has 0 bridgehead atoms. The van der Waals surface area contributed by atoms with Gasteiger partial charge in [0.15, 0.2) is 0 Å². The summed E-state index contributed by atoms with van der Waals surface area (Å²) in [4.78, 5) is 6.09. The smallest absolute Gasteiger partial charge is 0.0940 e. The van der Waals surface area contributed by atoms with E-state index in [1.165, 1.54) is 42.1 Å². The fraction of sp³-hybridized carbons (Fsp3) is 0.350. The van der Waals surface area contributed by atoms with E-state index in [0.29, 0.717) is 11.8 Å². The molecule has 1 aromatic carbocycles. The SMILES string of the molecule is CC(C)Cc1cccc2c1sc1c(C3=CC(C)CS3)nccc12. The molecule has 3 heterocycles. The Morgan fingerprint density at radius 1 is 1.17 bits per heavy atom. The first-order chi connectivity index (χ1) is 11.1. The Hall–Kier alpha value is -1.32. The van der Waals surface area contributed by atoms with Crippen LogP contribution in [0, 0.1) is 11.8 Å². The van der Waals surface area contributed by atoms with Gasteiger partial charge in [0, 0.05) is 32.3 Å². The standard InChI is InChI=1S/C20H21NS2/c1-12(2)9-14-5-4-6-15-16-7-8-21-18(20(16)23-19(14)15)17-10-13(3)11-22-17/h4-8,10,12-13H,9,11H2,1-3H3. The van der Waals surface area contributed by atoms with Crippen LogP contribution in [0.1, 0.15) is 32.0 Å². The van der Waals surface area contributed by atoms with Crippen molar-refractivity contribution in [3.63, 3.8) is 0 Å². The molecule has 23 heavy (non-hydrogen) atoms. The van der Waals surface area contributed by atoms with Crippen molar-refractivity contribution < 1.29 is 0 Å². The molecule has 4 rings (SSSR count). The minimum atomic E-state index is 0.651. The first-order valence-corrected chi connectivity index (χ1v) is 10.1. The molecule has 0 radical (unpaired) electrons. The van der Waals surface area contributed by atoms with Crippen LogP contribution in [-0.2, 0) is 6.42 Å². The Morgan fingerprint density at radius 2 is 2.00 bits per heavy atom. The van der Waals surface area contributed by atoms with Gasteiger partial charge in [-0.1, -0.05) is 45.0 Å². The molecule has 2 aromatic heterocycles. The van der Waals surface area contributed by atoms with Crippen molar-refractivity contribution in [2.24, 2.45) is 11.8 Å². The number of hydrogen-bond acceptors (Lipinski definition) is 3. The zero-order chi connectivity index (χ0) is 16.0. The highest BCUT2D eigenvalue weighted by atomic mass is 32.2. The first-order valence-electron chi connectivity index (χ1n) is 8.27. The fourth-order valence-corrected chi connectivity index (χ4v) is 5.83. The lowest BCUT2D eigenvalue weighted by Crippen LogP contribution is -1.93. The number of allylic oxidation sites excluding steroid dienone is 1. The maximum absolute atomic E-state index is 4.73. The predicted octanol–water partition coefficient (Wildman–Crippen LogP) is 6.37. The molecule has 0 saturated heterocycles. The summed E-state index contributed by atoms with van der Waals surface area (Å²) in [6.45, 7) is 6.87. The highest BCUT2D eigenvalue weighted by molar-refractivity contribution is 8.08. The number of thioether (sulfide) groups is 1. The molecule has 0 saturated carbocycles. The molecule has 3 aromatic rings. The molecule has 0 spiro atoms. The third-order valence-corrected chi connectivity index (χ3v) is 6.93. The lowest BCUT2D eigenvalue weighted by molar-refractivity contribution is 0.650. The molecule has 1 unspecified atom stereocenters. The van der Waals surface area contributed by atoms with E-state index in [9.17, 15) is 0 Å². The second-order valence-corrected chi connectivity index (χ2v) is 8.93. The predicted molar refractivity (Wildman–Crippen MR) is 105 cm³/mol. The Kier molecular flexibility index (Phi) is 3.94. The quantitative estimate of drug-likeness (QED) is 0.550. The van der Waals surface area contributed by atoms with Gasteiger partial charge < -0.3 is 0 Å². The number of benzene rings is 1. The van der Waals surface area contributed by atoms with Crippen LogP contribution in [0.5, 0.6) is 0 Å². The highest BCUT2D eigenvalue weighted by Gasteiger charge is 2.19. The van der Waals surface area contributed by atoms with Crippen molar-refractivity contribution in [1.82, 2.24) is 4.98 Å². The summed E-state index contributed by atoms with van der Waals surface area (Å²) in [6, 6.07) is 8.94. The van der Waals surface area contributed by atoms with E-state index >= 15 is 0 Å². The van der Waals surface area contributed by atoms with Gasteiger partial charge in [-0.15, -0.1) is 23.1 Å². The lowest BCUT2D eigenvalue weighted by Gasteiger charge is -2.05. The third kappa shape index (κ3) is 2.70. The van der Waals surface area contributed by atoms with Gasteiger partial charge in [0.25, 0.3) is 0 Å². The van der Waals surface area contributed by atoms with Crippen molar-refractivity contribution in [3.8, 4) is 0 Å². The second kappa shape index (κ2) is 5.95. The van der Waals surface area contributed by atoms with Gasteiger partial charge in [0.05, 0.1) is 10.4 Å². The summed E-state index contributed by atoms with van der Waals surface area (Å²) in [6.07, 6.45) is 5.50. The van der Waals surface area contributed by atoms with Crippen molar-refractivity contribution in [1.29, 1.82) is 0 Å². The van der Waals surface area contributed by atoms with Crippen LogP contribution in [0.25, 0.3) is 25.1 Å². The highest BCUT2D eigenvalue weighted by Crippen LogP contribution is 2.44. The number of aromatic nitrogens is 1. The van der Waals surface area contributed by atoms with Gasteiger partial charge >= 0.3 is 0 Å². The Morgan fingerprint density at radius 3 is 2.74 bits per heavy atom. The van der Waals surface area contributed by atoms with Crippen molar-refractivity contribution in [3.05, 3.63) is 47.8 Å². The van der Waals surface area contributed by atoms with E-state index in [2.05, 4.69) is 51.1 Å². The molecule has 1 nitrogen and oxygen atoms in total. The maximum atomic E-state index is 4.73. The molecule has 0 fully saturated rings. The minimum absolute atomic E-state index is 0.651. The van der Waals surface area contributed by atoms with Crippen LogP contribution < -0.4 is 0 Å². The minimum Gasteiger partial charge on any atom is -0.254 e. The van der Waals surface area contributed by atoms with E-state index in [4.69, 9.17) is 4.98 Å². The number of hydrogen-bond donors (Lipinski definition) is 0. The van der Waals surface area contributed by atoms with Crippen molar-refractivity contribution >= 4 is 48.2 Å². The summed E-state index contributed by atoms with van der Waals surface area (Å²) >= 11 is 3.88. The van der Waals surface area contributed by atoms with E-state index in [0.717, 1.165) is 6.42 Å². The van der Waals surface area contributed by atoms with Crippen LogP contribution in [0.3, 0.4) is 0 Å². The van der Waals surface area contributed by atoms with E-state index in [1.54, 1.807) is 0 Å². The molecule has 118 valence electrons. The van der Waals surface area contributed by atoms with Gasteiger partial charge in [-0.25, -0.2) is 0 Å². The molecule has 3 heteroatoms. The van der Waals surface area contributed by atoms with Crippen LogP contribution >= 0.6 is 23.1 Å². The topological polar surface area (TPSA) is 12.9 Å². The normalized spacial score (nSPS) is 18.3. The van der Waals surface area contributed by atoms with Gasteiger partial charge in [-0.05, 0) is 29.9 Å². The molecule has 0 N–H and O–H groups in total. The van der Waals surface area contributed by atoms with Gasteiger partial charge in [0.1, 0.15) is 0 Å². The summed E-state index contributed by atoms with van der Waals surface area (Å²) < 4.78 is 2.80. The van der Waals surface area contributed by atoms with Crippen LogP contribution in [-0.4, -0.2) is 10.7 Å². The second-order valence-electron chi connectivity index (χ2n) is 6.85. The number of pyridine rings is 1.